The van der Waals surface area contributed by atoms with Gasteiger partial charge in [-0.25, -0.2) is 4.98 Å². The normalized spacial score (nSPS) is 13.8. The minimum Gasteiger partial charge on any atom is -0.370 e. The summed E-state index contributed by atoms with van der Waals surface area (Å²) in [5, 5.41) is 6.12. The quantitative estimate of drug-likeness (QED) is 0.815. The van der Waals surface area contributed by atoms with Crippen molar-refractivity contribution in [3.8, 4) is 0 Å². The second kappa shape index (κ2) is 6.99. The molecular formula is C14H23N3O. The van der Waals surface area contributed by atoms with Crippen molar-refractivity contribution in [2.75, 3.05) is 11.9 Å². The van der Waals surface area contributed by atoms with Crippen LogP contribution in [0, 0.1) is 5.92 Å². The summed E-state index contributed by atoms with van der Waals surface area (Å²) in [5.74, 6) is 1.18. The van der Waals surface area contributed by atoms with E-state index in [1.54, 1.807) is 18.3 Å². The maximum Gasteiger partial charge on any atom is 0.251 e. The molecule has 0 spiro atoms. The van der Waals surface area contributed by atoms with Crippen LogP contribution in [-0.2, 0) is 0 Å². The number of carbonyl (C=O) groups is 1. The molecule has 2 N–H and O–H groups in total. The number of nitrogens with one attached hydrogen (secondary N) is 2. The lowest BCUT2D eigenvalue weighted by Crippen LogP contribution is -2.36. The number of anilines is 1. The molecule has 0 aromatic carbocycles. The fourth-order valence-corrected chi connectivity index (χ4v) is 1.64. The molecule has 4 nitrogen and oxygen atoms in total. The van der Waals surface area contributed by atoms with Crippen molar-refractivity contribution in [3.63, 3.8) is 0 Å². The van der Waals surface area contributed by atoms with E-state index in [0.717, 1.165) is 18.8 Å². The Morgan fingerprint density at radius 3 is 2.72 bits per heavy atom. The molecule has 0 aliphatic rings. The standard InChI is InChI=1S/C14H23N3O/c1-5-10(3)11(4)17-14(18)12-7-8-16-13(9-12)15-6-2/h7-11H,5-6H2,1-4H3,(H,15,16)(H,17,18). The third-order valence-electron chi connectivity index (χ3n) is 3.24. The molecular weight excluding hydrogens is 226 g/mol. The number of aromatic nitrogens is 1. The van der Waals surface area contributed by atoms with Crippen LogP contribution < -0.4 is 10.6 Å². The molecule has 0 saturated carbocycles. The Morgan fingerprint density at radius 2 is 2.11 bits per heavy atom. The Morgan fingerprint density at radius 1 is 1.39 bits per heavy atom. The van der Waals surface area contributed by atoms with E-state index < -0.39 is 0 Å². The average Bonchev–Trinajstić information content (AvgIpc) is 2.38. The molecule has 0 aliphatic carbocycles. The van der Waals surface area contributed by atoms with Crippen LogP contribution in [-0.4, -0.2) is 23.5 Å². The van der Waals surface area contributed by atoms with Crippen LogP contribution in [0.5, 0.6) is 0 Å². The molecule has 1 amide bonds. The molecule has 2 unspecified atom stereocenters. The summed E-state index contributed by atoms with van der Waals surface area (Å²) in [7, 11) is 0. The molecule has 0 bridgehead atoms. The molecule has 1 rings (SSSR count). The first-order valence-corrected chi connectivity index (χ1v) is 6.59. The minimum atomic E-state index is -0.0376. The van der Waals surface area contributed by atoms with Crippen LogP contribution in [0.1, 0.15) is 44.5 Å². The Hall–Kier alpha value is -1.58. The number of nitrogens with zero attached hydrogens (tertiary/aromatic N) is 1. The summed E-state index contributed by atoms with van der Waals surface area (Å²) in [5.41, 5.74) is 0.649. The van der Waals surface area contributed by atoms with Crippen LogP contribution in [0.2, 0.25) is 0 Å². The van der Waals surface area contributed by atoms with E-state index in [4.69, 9.17) is 0 Å². The molecule has 18 heavy (non-hydrogen) atoms. The van der Waals surface area contributed by atoms with E-state index >= 15 is 0 Å². The van der Waals surface area contributed by atoms with Gasteiger partial charge in [-0.1, -0.05) is 20.3 Å². The van der Waals surface area contributed by atoms with Gasteiger partial charge in [0.25, 0.3) is 5.91 Å². The topological polar surface area (TPSA) is 54.0 Å². The second-order valence-corrected chi connectivity index (χ2v) is 4.61. The van der Waals surface area contributed by atoms with Crippen LogP contribution in [0.15, 0.2) is 18.3 Å². The van der Waals surface area contributed by atoms with Gasteiger partial charge in [-0.05, 0) is 31.9 Å². The van der Waals surface area contributed by atoms with Gasteiger partial charge in [0, 0.05) is 24.3 Å². The lowest BCUT2D eigenvalue weighted by molar-refractivity contribution is 0.0928. The zero-order chi connectivity index (χ0) is 13.5. The largest absolute Gasteiger partial charge is 0.370 e. The van der Waals surface area contributed by atoms with Crippen molar-refractivity contribution >= 4 is 11.7 Å². The molecule has 0 fully saturated rings. The molecule has 1 aromatic heterocycles. The molecule has 0 saturated heterocycles. The smallest absolute Gasteiger partial charge is 0.251 e. The van der Waals surface area contributed by atoms with Crippen molar-refractivity contribution in [1.82, 2.24) is 10.3 Å². The molecule has 2 atom stereocenters. The number of hydrogen-bond donors (Lipinski definition) is 2. The Balaban J connectivity index is 2.69. The summed E-state index contributed by atoms with van der Waals surface area (Å²) in [6.07, 6.45) is 2.71. The van der Waals surface area contributed by atoms with E-state index in [0.29, 0.717) is 11.5 Å². The highest BCUT2D eigenvalue weighted by Gasteiger charge is 2.14. The highest BCUT2D eigenvalue weighted by atomic mass is 16.1. The Bertz CT molecular complexity index is 392. The SMILES string of the molecule is CCNc1cc(C(=O)NC(C)C(C)CC)ccn1. The van der Waals surface area contributed by atoms with Crippen LogP contribution >= 0.6 is 0 Å². The first-order valence-electron chi connectivity index (χ1n) is 6.59. The van der Waals surface area contributed by atoms with Gasteiger partial charge < -0.3 is 10.6 Å². The third kappa shape index (κ3) is 4.02. The van der Waals surface area contributed by atoms with Gasteiger partial charge in [0.15, 0.2) is 0 Å². The van der Waals surface area contributed by atoms with E-state index in [2.05, 4.69) is 29.5 Å². The zero-order valence-corrected chi connectivity index (χ0v) is 11.7. The summed E-state index contributed by atoms with van der Waals surface area (Å²) >= 11 is 0. The fourth-order valence-electron chi connectivity index (χ4n) is 1.64. The molecule has 1 aromatic rings. The van der Waals surface area contributed by atoms with Gasteiger partial charge >= 0.3 is 0 Å². The van der Waals surface area contributed by atoms with Crippen LogP contribution in [0.4, 0.5) is 5.82 Å². The van der Waals surface area contributed by atoms with Gasteiger partial charge in [0.05, 0.1) is 0 Å². The minimum absolute atomic E-state index is 0.0376. The van der Waals surface area contributed by atoms with Gasteiger partial charge in [0.2, 0.25) is 0 Å². The average molecular weight is 249 g/mol. The number of carbonyl (C=O) groups excluding carboxylic acids is 1. The van der Waals surface area contributed by atoms with Gasteiger partial charge in [-0.15, -0.1) is 0 Å². The number of amides is 1. The summed E-state index contributed by atoms with van der Waals surface area (Å²) < 4.78 is 0. The van der Waals surface area contributed by atoms with Gasteiger partial charge in [-0.2, -0.15) is 0 Å². The van der Waals surface area contributed by atoms with Crippen LogP contribution in [0.25, 0.3) is 0 Å². The summed E-state index contributed by atoms with van der Waals surface area (Å²) in [4.78, 5) is 16.2. The van der Waals surface area contributed by atoms with Gasteiger partial charge in [-0.3, -0.25) is 4.79 Å². The van der Waals surface area contributed by atoms with Crippen molar-refractivity contribution in [1.29, 1.82) is 0 Å². The van der Waals surface area contributed by atoms with Crippen molar-refractivity contribution in [2.24, 2.45) is 5.92 Å². The van der Waals surface area contributed by atoms with E-state index in [-0.39, 0.29) is 11.9 Å². The summed E-state index contributed by atoms with van der Waals surface area (Å²) in [6, 6.07) is 3.69. The van der Waals surface area contributed by atoms with Crippen molar-refractivity contribution < 1.29 is 4.79 Å². The van der Waals surface area contributed by atoms with E-state index in [1.807, 2.05) is 13.8 Å². The first kappa shape index (κ1) is 14.5. The highest BCUT2D eigenvalue weighted by molar-refractivity contribution is 5.94. The predicted octanol–water partition coefficient (Wildman–Crippen LogP) is 2.68. The third-order valence-corrected chi connectivity index (χ3v) is 3.24. The Labute approximate surface area is 109 Å². The summed E-state index contributed by atoms with van der Waals surface area (Å²) in [6.45, 7) is 9.10. The number of hydrogen-bond acceptors (Lipinski definition) is 3. The van der Waals surface area contributed by atoms with E-state index in [9.17, 15) is 4.79 Å². The maximum absolute atomic E-state index is 12.1. The predicted molar refractivity (Wildman–Crippen MR) is 74.8 cm³/mol. The lowest BCUT2D eigenvalue weighted by atomic mass is 10.0. The monoisotopic (exact) mass is 249 g/mol. The molecule has 1 heterocycles. The Kier molecular flexibility index (Phi) is 5.62. The molecule has 100 valence electrons. The molecule has 4 heteroatoms. The number of pyridine rings is 1. The second-order valence-electron chi connectivity index (χ2n) is 4.61. The first-order chi connectivity index (χ1) is 8.58. The molecule has 0 radical (unpaired) electrons. The highest BCUT2D eigenvalue weighted by Crippen LogP contribution is 2.10. The zero-order valence-electron chi connectivity index (χ0n) is 11.7. The lowest BCUT2D eigenvalue weighted by Gasteiger charge is -2.19. The fraction of sp³-hybridized carbons (Fsp3) is 0.571. The molecule has 0 aliphatic heterocycles. The van der Waals surface area contributed by atoms with Crippen LogP contribution in [0.3, 0.4) is 0 Å². The van der Waals surface area contributed by atoms with Crippen molar-refractivity contribution in [2.45, 2.75) is 40.2 Å². The van der Waals surface area contributed by atoms with Crippen molar-refractivity contribution in [3.05, 3.63) is 23.9 Å². The number of rotatable bonds is 6. The maximum atomic E-state index is 12.1. The van der Waals surface area contributed by atoms with Gasteiger partial charge in [0.1, 0.15) is 5.82 Å². The van der Waals surface area contributed by atoms with E-state index in [1.165, 1.54) is 0 Å².